The third-order valence-electron chi connectivity index (χ3n) is 2.29. The van der Waals surface area contributed by atoms with Crippen LogP contribution in [0.15, 0.2) is 41.4 Å². The van der Waals surface area contributed by atoms with Gasteiger partial charge in [0.2, 0.25) is 5.65 Å². The average molecular weight is 306 g/mol. The van der Waals surface area contributed by atoms with Crippen molar-refractivity contribution >= 4 is 27.3 Å². The van der Waals surface area contributed by atoms with Gasteiger partial charge >= 0.3 is 0 Å². The Morgan fingerprint density at radius 3 is 3.00 bits per heavy atom. The molecule has 3 rings (SSSR count). The van der Waals surface area contributed by atoms with Gasteiger partial charge in [-0.2, -0.15) is 0 Å². The highest BCUT2D eigenvalue weighted by atomic mass is 79.9. The van der Waals surface area contributed by atoms with Gasteiger partial charge in [-0.25, -0.2) is 4.98 Å². The van der Waals surface area contributed by atoms with E-state index < -0.39 is 0 Å². The van der Waals surface area contributed by atoms with Gasteiger partial charge < -0.3 is 10.5 Å². The number of nitrogens with two attached hydrogens (primary N) is 1. The Bertz CT molecular complexity index is 691. The number of fused-ring (bicyclic) bond motifs is 1. The second-order valence-corrected chi connectivity index (χ2v) is 4.53. The standard InChI is InChI=1S/C11H8BrN5O/c12-7-3-8(13)5-9(4-7)18-11-10-16-15-6-17(10)2-1-14-11/h1-6H,13H2. The molecule has 0 unspecified atom stereocenters. The predicted octanol–water partition coefficient (Wildman–Crippen LogP) is 2.26. The Kier molecular flexibility index (Phi) is 2.60. The average Bonchev–Trinajstić information content (AvgIpc) is 2.76. The number of anilines is 1. The van der Waals surface area contributed by atoms with Crippen molar-refractivity contribution in [2.75, 3.05) is 5.73 Å². The fraction of sp³-hybridized carbons (Fsp3) is 0. The Morgan fingerprint density at radius 2 is 2.17 bits per heavy atom. The molecule has 0 atom stereocenters. The van der Waals surface area contributed by atoms with Gasteiger partial charge in [-0.3, -0.25) is 4.40 Å². The molecular formula is C11H8BrN5O. The molecule has 3 aromatic rings. The van der Waals surface area contributed by atoms with E-state index in [9.17, 15) is 0 Å². The molecule has 0 saturated heterocycles. The number of ether oxygens (including phenoxy) is 1. The highest BCUT2D eigenvalue weighted by Crippen LogP contribution is 2.27. The molecule has 6 nitrogen and oxygen atoms in total. The van der Waals surface area contributed by atoms with Crippen LogP contribution in [0.25, 0.3) is 5.65 Å². The molecule has 2 N–H and O–H groups in total. The van der Waals surface area contributed by atoms with Crippen molar-refractivity contribution in [3.63, 3.8) is 0 Å². The number of benzene rings is 1. The lowest BCUT2D eigenvalue weighted by atomic mass is 10.3. The first-order valence-corrected chi connectivity index (χ1v) is 5.90. The molecule has 90 valence electrons. The van der Waals surface area contributed by atoms with Crippen LogP contribution < -0.4 is 10.5 Å². The molecule has 7 heteroatoms. The second-order valence-electron chi connectivity index (χ2n) is 3.62. The normalized spacial score (nSPS) is 10.7. The summed E-state index contributed by atoms with van der Waals surface area (Å²) in [6.45, 7) is 0. The SMILES string of the molecule is Nc1cc(Br)cc(Oc2nccn3cnnc23)c1. The van der Waals surface area contributed by atoms with Crippen LogP contribution in [0.3, 0.4) is 0 Å². The van der Waals surface area contributed by atoms with E-state index in [0.29, 0.717) is 23.0 Å². The minimum Gasteiger partial charge on any atom is -0.436 e. The van der Waals surface area contributed by atoms with Crippen molar-refractivity contribution in [3.05, 3.63) is 41.4 Å². The van der Waals surface area contributed by atoms with Crippen LogP contribution in [-0.2, 0) is 0 Å². The van der Waals surface area contributed by atoms with Gasteiger partial charge in [-0.1, -0.05) is 15.9 Å². The van der Waals surface area contributed by atoms with Gasteiger partial charge in [0.05, 0.1) is 0 Å². The van der Waals surface area contributed by atoms with Gasteiger partial charge in [0.15, 0.2) is 0 Å². The first-order valence-electron chi connectivity index (χ1n) is 5.10. The van der Waals surface area contributed by atoms with Crippen LogP contribution in [-0.4, -0.2) is 19.6 Å². The summed E-state index contributed by atoms with van der Waals surface area (Å²) in [5.41, 5.74) is 6.90. The van der Waals surface area contributed by atoms with Crippen LogP contribution >= 0.6 is 15.9 Å². The van der Waals surface area contributed by atoms with Crippen molar-refractivity contribution in [3.8, 4) is 11.6 Å². The van der Waals surface area contributed by atoms with E-state index in [2.05, 4.69) is 31.1 Å². The monoisotopic (exact) mass is 305 g/mol. The van der Waals surface area contributed by atoms with E-state index in [1.807, 2.05) is 0 Å². The number of halogens is 1. The van der Waals surface area contributed by atoms with E-state index in [4.69, 9.17) is 10.5 Å². The van der Waals surface area contributed by atoms with Crippen LogP contribution in [0.1, 0.15) is 0 Å². The number of hydrogen-bond acceptors (Lipinski definition) is 5. The lowest BCUT2D eigenvalue weighted by Gasteiger charge is -2.06. The Balaban J connectivity index is 2.03. The van der Waals surface area contributed by atoms with Gasteiger partial charge in [-0.15, -0.1) is 10.2 Å². The van der Waals surface area contributed by atoms with Gasteiger partial charge in [-0.05, 0) is 12.1 Å². The zero-order chi connectivity index (χ0) is 12.5. The summed E-state index contributed by atoms with van der Waals surface area (Å²) in [6, 6.07) is 5.31. The number of hydrogen-bond donors (Lipinski definition) is 1. The Hall–Kier alpha value is -2.15. The van der Waals surface area contributed by atoms with Crippen molar-refractivity contribution in [1.82, 2.24) is 19.6 Å². The van der Waals surface area contributed by atoms with Gasteiger partial charge in [0, 0.05) is 28.6 Å². The summed E-state index contributed by atoms with van der Waals surface area (Å²) >= 11 is 3.35. The van der Waals surface area contributed by atoms with Crippen LogP contribution in [0, 0.1) is 0 Å². The number of nitrogens with zero attached hydrogens (tertiary/aromatic N) is 4. The fourth-order valence-electron chi connectivity index (χ4n) is 1.56. The summed E-state index contributed by atoms with van der Waals surface area (Å²) in [6.07, 6.45) is 4.95. The van der Waals surface area contributed by atoms with E-state index >= 15 is 0 Å². The lowest BCUT2D eigenvalue weighted by Crippen LogP contribution is -1.94. The van der Waals surface area contributed by atoms with Gasteiger partial charge in [0.1, 0.15) is 12.1 Å². The highest BCUT2D eigenvalue weighted by Gasteiger charge is 2.08. The van der Waals surface area contributed by atoms with E-state index in [1.54, 1.807) is 41.3 Å². The van der Waals surface area contributed by atoms with Crippen LogP contribution in [0.4, 0.5) is 5.69 Å². The third kappa shape index (κ3) is 2.00. The molecule has 0 spiro atoms. The van der Waals surface area contributed by atoms with Crippen LogP contribution in [0.5, 0.6) is 11.6 Å². The molecule has 0 fully saturated rings. The topological polar surface area (TPSA) is 78.3 Å². The minimum atomic E-state index is 0.382. The molecule has 0 radical (unpaired) electrons. The molecule has 2 heterocycles. The minimum absolute atomic E-state index is 0.382. The molecule has 1 aromatic carbocycles. The van der Waals surface area contributed by atoms with Crippen molar-refractivity contribution in [2.45, 2.75) is 0 Å². The maximum atomic E-state index is 5.74. The first kappa shape index (κ1) is 11.0. The summed E-state index contributed by atoms with van der Waals surface area (Å²) in [7, 11) is 0. The Morgan fingerprint density at radius 1 is 1.28 bits per heavy atom. The lowest BCUT2D eigenvalue weighted by molar-refractivity contribution is 0.465. The van der Waals surface area contributed by atoms with Crippen LogP contribution in [0.2, 0.25) is 0 Å². The summed E-state index contributed by atoms with van der Waals surface area (Å²) in [5.74, 6) is 0.970. The first-order chi connectivity index (χ1) is 8.72. The zero-order valence-electron chi connectivity index (χ0n) is 9.12. The quantitative estimate of drug-likeness (QED) is 0.735. The molecule has 0 bridgehead atoms. The maximum Gasteiger partial charge on any atom is 0.265 e. The van der Waals surface area contributed by atoms with Crippen molar-refractivity contribution < 1.29 is 4.74 Å². The molecule has 0 amide bonds. The van der Waals surface area contributed by atoms with Gasteiger partial charge in [0.25, 0.3) is 5.88 Å². The largest absolute Gasteiger partial charge is 0.436 e. The van der Waals surface area contributed by atoms with E-state index in [0.717, 1.165) is 4.47 Å². The molecular weight excluding hydrogens is 298 g/mol. The summed E-state index contributed by atoms with van der Waals surface area (Å²) < 4.78 is 8.23. The summed E-state index contributed by atoms with van der Waals surface area (Å²) in [4.78, 5) is 4.13. The second kappa shape index (κ2) is 4.26. The molecule has 0 saturated carbocycles. The molecule has 0 aliphatic carbocycles. The Labute approximate surface area is 111 Å². The highest BCUT2D eigenvalue weighted by molar-refractivity contribution is 9.10. The number of rotatable bonds is 2. The molecule has 0 aliphatic rings. The molecule has 18 heavy (non-hydrogen) atoms. The van der Waals surface area contributed by atoms with E-state index in [-0.39, 0.29) is 0 Å². The third-order valence-corrected chi connectivity index (χ3v) is 2.75. The molecule has 0 aliphatic heterocycles. The fourth-order valence-corrected chi connectivity index (χ4v) is 2.05. The maximum absolute atomic E-state index is 5.74. The molecule has 2 aromatic heterocycles. The predicted molar refractivity (Wildman–Crippen MR) is 69.4 cm³/mol. The number of nitrogen functional groups attached to an aromatic ring is 1. The zero-order valence-corrected chi connectivity index (χ0v) is 10.7. The summed E-state index contributed by atoms with van der Waals surface area (Å²) in [5, 5.41) is 7.74. The van der Waals surface area contributed by atoms with Crippen molar-refractivity contribution in [2.24, 2.45) is 0 Å². The number of aromatic nitrogens is 4. The smallest absolute Gasteiger partial charge is 0.265 e. The van der Waals surface area contributed by atoms with Crippen molar-refractivity contribution in [1.29, 1.82) is 0 Å². The van der Waals surface area contributed by atoms with E-state index in [1.165, 1.54) is 0 Å².